The minimum Gasteiger partial charge on any atom is -0.489 e. The van der Waals surface area contributed by atoms with Crippen LogP contribution >= 0.6 is 11.6 Å². The van der Waals surface area contributed by atoms with Crippen molar-refractivity contribution in [2.75, 3.05) is 24.5 Å². The molecule has 1 N–H and O–H groups in total. The summed E-state index contributed by atoms with van der Waals surface area (Å²) < 4.78 is 11.4. The molecule has 2 atom stereocenters. The van der Waals surface area contributed by atoms with Gasteiger partial charge >= 0.3 is 0 Å². The number of ether oxygens (including phenoxy) is 1. The standard InChI is InChI=1S/C27H29ClN4O2/c1-18(2)20-4-3-5-24(13-20)33-27-15-29-14-21(27)17-32(23-9-7-22(28)8-10-23)16-19-6-11-25-26(12-19)31-34-30-25/h3-13,18,21,27,29H,14-17H2,1-2H3/t21-,27+/m1/s1. The van der Waals surface area contributed by atoms with Crippen molar-refractivity contribution < 1.29 is 9.37 Å². The molecule has 0 unspecified atom stereocenters. The summed E-state index contributed by atoms with van der Waals surface area (Å²) in [6.45, 7) is 7.73. The second kappa shape index (κ2) is 10.0. The molecule has 5 rings (SSSR count). The first kappa shape index (κ1) is 22.7. The Morgan fingerprint density at radius 3 is 2.68 bits per heavy atom. The quantitative estimate of drug-likeness (QED) is 0.353. The van der Waals surface area contributed by atoms with Gasteiger partial charge in [-0.25, -0.2) is 4.63 Å². The highest BCUT2D eigenvalue weighted by molar-refractivity contribution is 6.30. The molecule has 1 aliphatic heterocycles. The number of nitrogens with one attached hydrogen (secondary N) is 1. The molecule has 0 spiro atoms. The van der Waals surface area contributed by atoms with E-state index in [1.807, 2.05) is 24.3 Å². The minimum absolute atomic E-state index is 0.0967. The highest BCUT2D eigenvalue weighted by Gasteiger charge is 2.31. The maximum absolute atomic E-state index is 6.49. The summed E-state index contributed by atoms with van der Waals surface area (Å²) in [5.41, 5.74) is 5.09. The molecular formula is C27H29ClN4O2. The number of benzene rings is 3. The molecule has 0 radical (unpaired) electrons. The molecule has 2 heterocycles. The Labute approximate surface area is 204 Å². The van der Waals surface area contributed by atoms with Crippen LogP contribution < -0.4 is 15.0 Å². The van der Waals surface area contributed by atoms with Gasteiger partial charge in [0.15, 0.2) is 0 Å². The fraction of sp³-hybridized carbons (Fsp3) is 0.333. The lowest BCUT2D eigenvalue weighted by atomic mass is 10.0. The highest BCUT2D eigenvalue weighted by atomic mass is 35.5. The Kier molecular flexibility index (Phi) is 6.70. The molecule has 1 aromatic heterocycles. The van der Waals surface area contributed by atoms with E-state index in [1.165, 1.54) is 5.56 Å². The van der Waals surface area contributed by atoms with Crippen LogP contribution in [-0.4, -0.2) is 36.1 Å². The fourth-order valence-electron chi connectivity index (χ4n) is 4.49. The van der Waals surface area contributed by atoms with Gasteiger partial charge in [0.25, 0.3) is 0 Å². The molecule has 0 aliphatic carbocycles. The van der Waals surface area contributed by atoms with Crippen molar-refractivity contribution in [2.24, 2.45) is 5.92 Å². The van der Waals surface area contributed by atoms with Crippen LogP contribution in [0.2, 0.25) is 5.02 Å². The molecular weight excluding hydrogens is 448 g/mol. The Balaban J connectivity index is 1.36. The molecule has 176 valence electrons. The third-order valence-electron chi connectivity index (χ3n) is 6.43. The van der Waals surface area contributed by atoms with E-state index in [2.05, 4.69) is 76.8 Å². The molecule has 1 saturated heterocycles. The summed E-state index contributed by atoms with van der Waals surface area (Å²) in [6.07, 6.45) is 0.0967. The van der Waals surface area contributed by atoms with E-state index in [0.717, 1.165) is 59.2 Å². The molecule has 1 aliphatic rings. The first-order chi connectivity index (χ1) is 16.5. The third kappa shape index (κ3) is 5.18. The second-order valence-corrected chi connectivity index (χ2v) is 9.68. The zero-order valence-corrected chi connectivity index (χ0v) is 20.2. The van der Waals surface area contributed by atoms with Gasteiger partial charge in [-0.05, 0) is 75.9 Å². The van der Waals surface area contributed by atoms with Crippen LogP contribution in [0.3, 0.4) is 0 Å². The van der Waals surface area contributed by atoms with Crippen LogP contribution in [-0.2, 0) is 6.54 Å². The van der Waals surface area contributed by atoms with Crippen LogP contribution in [0.5, 0.6) is 5.75 Å². The fourth-order valence-corrected chi connectivity index (χ4v) is 4.62. The SMILES string of the molecule is CC(C)c1cccc(O[C@H]2CNC[C@@H]2CN(Cc2ccc3nonc3c2)c2ccc(Cl)cc2)c1. The number of hydrogen-bond acceptors (Lipinski definition) is 6. The number of anilines is 1. The van der Waals surface area contributed by atoms with Gasteiger partial charge in [-0.2, -0.15) is 0 Å². The van der Waals surface area contributed by atoms with E-state index in [4.69, 9.17) is 21.0 Å². The van der Waals surface area contributed by atoms with Gasteiger partial charge in [0.05, 0.1) is 0 Å². The molecule has 3 aromatic carbocycles. The molecule has 4 aromatic rings. The largest absolute Gasteiger partial charge is 0.489 e. The predicted molar refractivity (Wildman–Crippen MR) is 136 cm³/mol. The van der Waals surface area contributed by atoms with Gasteiger partial charge in [0.2, 0.25) is 0 Å². The zero-order valence-electron chi connectivity index (χ0n) is 19.4. The number of halogens is 1. The molecule has 34 heavy (non-hydrogen) atoms. The number of nitrogens with zero attached hydrogens (tertiary/aromatic N) is 3. The minimum atomic E-state index is 0.0967. The van der Waals surface area contributed by atoms with Gasteiger partial charge in [0, 0.05) is 42.8 Å². The average Bonchev–Trinajstić information content (AvgIpc) is 3.48. The molecule has 6 nitrogen and oxygen atoms in total. The number of rotatable bonds is 8. The lowest BCUT2D eigenvalue weighted by Gasteiger charge is -2.30. The highest BCUT2D eigenvalue weighted by Crippen LogP contribution is 2.27. The topological polar surface area (TPSA) is 63.4 Å². The van der Waals surface area contributed by atoms with Gasteiger partial charge in [-0.3, -0.25) is 0 Å². The van der Waals surface area contributed by atoms with E-state index in [9.17, 15) is 0 Å². The van der Waals surface area contributed by atoms with E-state index in [-0.39, 0.29) is 6.10 Å². The molecule has 0 saturated carbocycles. The Bertz CT molecular complexity index is 1240. The maximum atomic E-state index is 6.49. The van der Waals surface area contributed by atoms with Crippen LogP contribution in [0.15, 0.2) is 71.4 Å². The summed E-state index contributed by atoms with van der Waals surface area (Å²) >= 11 is 6.17. The second-order valence-electron chi connectivity index (χ2n) is 9.25. The van der Waals surface area contributed by atoms with Gasteiger partial charge < -0.3 is 15.0 Å². The number of hydrogen-bond donors (Lipinski definition) is 1. The van der Waals surface area contributed by atoms with E-state index in [0.29, 0.717) is 11.8 Å². The van der Waals surface area contributed by atoms with Gasteiger partial charge in [-0.15, -0.1) is 0 Å². The van der Waals surface area contributed by atoms with Crippen molar-refractivity contribution >= 4 is 28.3 Å². The van der Waals surface area contributed by atoms with Crippen LogP contribution in [0.4, 0.5) is 5.69 Å². The summed E-state index contributed by atoms with van der Waals surface area (Å²) in [4.78, 5) is 2.38. The van der Waals surface area contributed by atoms with Crippen LogP contribution in [0.25, 0.3) is 11.0 Å². The van der Waals surface area contributed by atoms with Crippen molar-refractivity contribution in [1.29, 1.82) is 0 Å². The van der Waals surface area contributed by atoms with Crippen molar-refractivity contribution in [3.63, 3.8) is 0 Å². The first-order valence-electron chi connectivity index (χ1n) is 11.7. The summed E-state index contributed by atoms with van der Waals surface area (Å²) in [7, 11) is 0. The summed E-state index contributed by atoms with van der Waals surface area (Å²) in [5, 5.41) is 12.2. The molecule has 7 heteroatoms. The normalized spacial score (nSPS) is 18.0. The third-order valence-corrected chi connectivity index (χ3v) is 6.68. The monoisotopic (exact) mass is 476 g/mol. The van der Waals surface area contributed by atoms with E-state index in [1.54, 1.807) is 0 Å². The van der Waals surface area contributed by atoms with E-state index < -0.39 is 0 Å². The zero-order chi connectivity index (χ0) is 23.5. The average molecular weight is 477 g/mol. The molecule has 0 bridgehead atoms. The van der Waals surface area contributed by atoms with E-state index >= 15 is 0 Å². The first-order valence-corrected chi connectivity index (χ1v) is 12.1. The summed E-state index contributed by atoms with van der Waals surface area (Å²) in [6, 6.07) is 22.5. The predicted octanol–water partition coefficient (Wildman–Crippen LogP) is 5.67. The smallest absolute Gasteiger partial charge is 0.135 e. The van der Waals surface area contributed by atoms with Crippen LogP contribution in [0, 0.1) is 5.92 Å². The number of aromatic nitrogens is 2. The lowest BCUT2D eigenvalue weighted by Crippen LogP contribution is -2.37. The molecule has 0 amide bonds. The summed E-state index contributed by atoms with van der Waals surface area (Å²) in [5.74, 6) is 1.74. The molecule has 1 fully saturated rings. The van der Waals surface area contributed by atoms with Crippen LogP contribution in [0.1, 0.15) is 30.9 Å². The maximum Gasteiger partial charge on any atom is 0.135 e. The Morgan fingerprint density at radius 1 is 1.03 bits per heavy atom. The van der Waals surface area contributed by atoms with Gasteiger partial charge in [0.1, 0.15) is 22.9 Å². The lowest BCUT2D eigenvalue weighted by molar-refractivity contribution is 0.175. The van der Waals surface area contributed by atoms with Gasteiger partial charge in [-0.1, -0.05) is 43.6 Å². The van der Waals surface area contributed by atoms with Crippen molar-refractivity contribution in [3.8, 4) is 5.75 Å². The number of fused-ring (bicyclic) bond motifs is 1. The van der Waals surface area contributed by atoms with Crippen molar-refractivity contribution in [3.05, 3.63) is 82.9 Å². The van der Waals surface area contributed by atoms with Crippen molar-refractivity contribution in [2.45, 2.75) is 32.4 Å². The van der Waals surface area contributed by atoms with Crippen molar-refractivity contribution in [1.82, 2.24) is 15.6 Å². The Morgan fingerprint density at radius 2 is 1.85 bits per heavy atom. The Hall–Kier alpha value is -3.09.